The number of nitrogens with two attached hydrogens (primary N) is 1. The zero-order chi connectivity index (χ0) is 12.8. The van der Waals surface area contributed by atoms with Crippen molar-refractivity contribution in [2.75, 3.05) is 23.7 Å². The maximum atomic E-state index is 11.0. The number of hydrogen-bond donors (Lipinski definition) is 2. The molecule has 0 amide bonds. The fourth-order valence-electron chi connectivity index (χ4n) is 1.74. The molecule has 4 heteroatoms. The van der Waals surface area contributed by atoms with Gasteiger partial charge in [0.15, 0.2) is 0 Å². The molecular weight excluding hydrogens is 216 g/mol. The zero-order valence-corrected chi connectivity index (χ0v) is 10.4. The highest BCUT2D eigenvalue weighted by Gasteiger charge is 2.11. The van der Waals surface area contributed by atoms with Crippen molar-refractivity contribution in [3.8, 4) is 0 Å². The van der Waals surface area contributed by atoms with Gasteiger partial charge in [-0.25, -0.2) is 4.79 Å². The van der Waals surface area contributed by atoms with E-state index >= 15 is 0 Å². The summed E-state index contributed by atoms with van der Waals surface area (Å²) in [6, 6.07) is 5.19. The third-order valence-electron chi connectivity index (χ3n) is 2.80. The normalized spacial score (nSPS) is 10.2. The fourth-order valence-corrected chi connectivity index (χ4v) is 1.74. The van der Waals surface area contributed by atoms with Crippen LogP contribution in [0.3, 0.4) is 0 Å². The molecule has 17 heavy (non-hydrogen) atoms. The Hall–Kier alpha value is -1.71. The number of carboxylic acid groups (broad SMARTS) is 1. The summed E-state index contributed by atoms with van der Waals surface area (Å²) in [6.07, 6.45) is 2.22. The molecule has 0 heterocycles. The van der Waals surface area contributed by atoms with Crippen LogP contribution in [-0.2, 0) is 0 Å². The van der Waals surface area contributed by atoms with Crippen molar-refractivity contribution < 1.29 is 9.90 Å². The highest BCUT2D eigenvalue weighted by Crippen LogP contribution is 2.21. The summed E-state index contributed by atoms with van der Waals surface area (Å²) >= 11 is 0. The Kier molecular flexibility index (Phi) is 4.82. The lowest BCUT2D eigenvalue weighted by Gasteiger charge is -2.23. The van der Waals surface area contributed by atoms with Crippen LogP contribution >= 0.6 is 0 Å². The van der Waals surface area contributed by atoms with E-state index in [1.54, 1.807) is 12.1 Å². The molecular formula is C13H20N2O2. The Morgan fingerprint density at radius 1 is 1.41 bits per heavy atom. The predicted octanol–water partition coefficient (Wildman–Crippen LogP) is 2.59. The van der Waals surface area contributed by atoms with E-state index in [0.29, 0.717) is 5.69 Å². The van der Waals surface area contributed by atoms with Crippen molar-refractivity contribution in [1.29, 1.82) is 0 Å². The first-order valence-electron chi connectivity index (χ1n) is 5.97. The second kappa shape index (κ2) is 6.13. The van der Waals surface area contributed by atoms with Gasteiger partial charge in [0.1, 0.15) is 0 Å². The Morgan fingerprint density at radius 3 is 2.65 bits per heavy atom. The second-order valence-electron chi connectivity index (χ2n) is 4.01. The standard InChI is InChI=1S/C13H20N2O2/c1-3-5-8-15(4-2)10-6-7-12(14)11(9-10)13(16)17/h6-7,9H,3-5,8,14H2,1-2H3,(H,16,17). The minimum absolute atomic E-state index is 0.178. The molecule has 3 N–H and O–H groups in total. The third-order valence-corrected chi connectivity index (χ3v) is 2.80. The smallest absolute Gasteiger partial charge is 0.337 e. The summed E-state index contributed by atoms with van der Waals surface area (Å²) in [5.74, 6) is -0.976. The van der Waals surface area contributed by atoms with Gasteiger partial charge in [0.05, 0.1) is 5.56 Å². The lowest BCUT2D eigenvalue weighted by Crippen LogP contribution is -2.24. The van der Waals surface area contributed by atoms with E-state index in [1.807, 2.05) is 6.07 Å². The molecule has 1 aromatic rings. The van der Waals surface area contributed by atoms with Crippen molar-refractivity contribution in [1.82, 2.24) is 0 Å². The largest absolute Gasteiger partial charge is 0.478 e. The Bertz CT molecular complexity index is 391. The van der Waals surface area contributed by atoms with Gasteiger partial charge in [-0.15, -0.1) is 0 Å². The number of benzene rings is 1. The molecule has 4 nitrogen and oxygen atoms in total. The number of carbonyl (C=O) groups is 1. The zero-order valence-electron chi connectivity index (χ0n) is 10.4. The van der Waals surface area contributed by atoms with Crippen LogP contribution in [-0.4, -0.2) is 24.2 Å². The van der Waals surface area contributed by atoms with Gasteiger partial charge >= 0.3 is 5.97 Å². The third kappa shape index (κ3) is 3.37. The van der Waals surface area contributed by atoms with Gasteiger partial charge in [0, 0.05) is 24.5 Å². The molecule has 94 valence electrons. The minimum atomic E-state index is -0.976. The maximum Gasteiger partial charge on any atom is 0.337 e. The first kappa shape index (κ1) is 13.4. The molecule has 0 radical (unpaired) electrons. The molecule has 0 aliphatic rings. The molecule has 0 saturated heterocycles. The summed E-state index contributed by atoms with van der Waals surface area (Å²) in [7, 11) is 0. The number of anilines is 2. The van der Waals surface area contributed by atoms with E-state index in [1.165, 1.54) is 0 Å². The van der Waals surface area contributed by atoms with Crippen LogP contribution in [0.1, 0.15) is 37.0 Å². The minimum Gasteiger partial charge on any atom is -0.478 e. The topological polar surface area (TPSA) is 66.6 Å². The number of nitrogen functional groups attached to an aromatic ring is 1. The predicted molar refractivity (Wildman–Crippen MR) is 70.6 cm³/mol. The molecule has 0 fully saturated rings. The number of rotatable bonds is 6. The first-order valence-corrected chi connectivity index (χ1v) is 5.97. The molecule has 0 aliphatic carbocycles. The van der Waals surface area contributed by atoms with Crippen molar-refractivity contribution in [3.05, 3.63) is 23.8 Å². The van der Waals surface area contributed by atoms with Crippen LogP contribution in [0.5, 0.6) is 0 Å². The highest BCUT2D eigenvalue weighted by molar-refractivity contribution is 5.94. The van der Waals surface area contributed by atoms with E-state index in [-0.39, 0.29) is 5.56 Å². The quantitative estimate of drug-likeness (QED) is 0.745. The van der Waals surface area contributed by atoms with Gasteiger partial charge < -0.3 is 15.7 Å². The van der Waals surface area contributed by atoms with Crippen LogP contribution in [0.4, 0.5) is 11.4 Å². The summed E-state index contributed by atoms with van der Waals surface area (Å²) in [4.78, 5) is 13.2. The molecule has 0 aromatic heterocycles. The van der Waals surface area contributed by atoms with Crippen molar-refractivity contribution in [2.24, 2.45) is 0 Å². The number of carboxylic acids is 1. The lowest BCUT2D eigenvalue weighted by atomic mass is 10.1. The molecule has 0 aliphatic heterocycles. The van der Waals surface area contributed by atoms with Crippen LogP contribution in [0.15, 0.2) is 18.2 Å². The summed E-state index contributed by atoms with van der Waals surface area (Å²) in [6.45, 7) is 6.00. The first-order chi connectivity index (χ1) is 8.10. The van der Waals surface area contributed by atoms with E-state index in [4.69, 9.17) is 10.8 Å². The Balaban J connectivity index is 2.96. The molecule has 1 rings (SSSR count). The van der Waals surface area contributed by atoms with Crippen LogP contribution in [0.2, 0.25) is 0 Å². The van der Waals surface area contributed by atoms with Crippen LogP contribution < -0.4 is 10.6 Å². The molecule has 0 unspecified atom stereocenters. The van der Waals surface area contributed by atoms with Gasteiger partial charge in [0.2, 0.25) is 0 Å². The van der Waals surface area contributed by atoms with Crippen molar-refractivity contribution >= 4 is 17.3 Å². The summed E-state index contributed by atoms with van der Waals surface area (Å²) in [5, 5.41) is 9.02. The lowest BCUT2D eigenvalue weighted by molar-refractivity contribution is 0.0698. The van der Waals surface area contributed by atoms with Gasteiger partial charge in [0.25, 0.3) is 0 Å². The molecule has 0 bridgehead atoms. The number of nitrogens with zero attached hydrogens (tertiary/aromatic N) is 1. The fraction of sp³-hybridized carbons (Fsp3) is 0.462. The number of aromatic carboxylic acids is 1. The van der Waals surface area contributed by atoms with Crippen molar-refractivity contribution in [3.63, 3.8) is 0 Å². The van der Waals surface area contributed by atoms with Gasteiger partial charge in [-0.1, -0.05) is 13.3 Å². The molecule has 1 aromatic carbocycles. The number of hydrogen-bond acceptors (Lipinski definition) is 3. The SMILES string of the molecule is CCCCN(CC)c1ccc(N)c(C(=O)O)c1. The average Bonchev–Trinajstić information content (AvgIpc) is 2.31. The molecule has 0 atom stereocenters. The Labute approximate surface area is 102 Å². The second-order valence-corrected chi connectivity index (χ2v) is 4.01. The highest BCUT2D eigenvalue weighted by atomic mass is 16.4. The van der Waals surface area contributed by atoms with Crippen molar-refractivity contribution in [2.45, 2.75) is 26.7 Å². The van der Waals surface area contributed by atoms with Crippen LogP contribution in [0, 0.1) is 0 Å². The van der Waals surface area contributed by atoms with Gasteiger partial charge in [-0.05, 0) is 31.5 Å². The monoisotopic (exact) mass is 236 g/mol. The Morgan fingerprint density at radius 2 is 2.12 bits per heavy atom. The van der Waals surface area contributed by atoms with E-state index in [0.717, 1.165) is 31.6 Å². The average molecular weight is 236 g/mol. The maximum absolute atomic E-state index is 11.0. The van der Waals surface area contributed by atoms with Gasteiger partial charge in [-0.3, -0.25) is 0 Å². The summed E-state index contributed by atoms with van der Waals surface area (Å²) < 4.78 is 0. The van der Waals surface area contributed by atoms with Gasteiger partial charge in [-0.2, -0.15) is 0 Å². The number of unbranched alkanes of at least 4 members (excludes halogenated alkanes) is 1. The van der Waals surface area contributed by atoms with Crippen LogP contribution in [0.25, 0.3) is 0 Å². The van der Waals surface area contributed by atoms with E-state index in [9.17, 15) is 4.79 Å². The molecule has 0 saturated carbocycles. The van der Waals surface area contributed by atoms with E-state index < -0.39 is 5.97 Å². The van der Waals surface area contributed by atoms with E-state index in [2.05, 4.69) is 18.7 Å². The summed E-state index contributed by atoms with van der Waals surface area (Å²) in [5.41, 5.74) is 7.05. The molecule has 0 spiro atoms.